The zero-order valence-corrected chi connectivity index (χ0v) is 23.5. The summed E-state index contributed by atoms with van der Waals surface area (Å²) >= 11 is 1.53. The van der Waals surface area contributed by atoms with Crippen LogP contribution in [0.4, 0.5) is 10.8 Å². The Morgan fingerprint density at radius 3 is 2.80 bits per heavy atom. The van der Waals surface area contributed by atoms with E-state index < -0.39 is 11.5 Å². The summed E-state index contributed by atoms with van der Waals surface area (Å²) in [5.41, 5.74) is 1.53. The first-order chi connectivity index (χ1) is 19.2. The van der Waals surface area contributed by atoms with Crippen LogP contribution in [0, 0.1) is 16.7 Å². The molecule has 2 aromatic carbocycles. The molecule has 40 heavy (non-hydrogen) atoms. The van der Waals surface area contributed by atoms with E-state index in [9.17, 15) is 20.1 Å². The Bertz CT molecular complexity index is 1430. The molecule has 10 heteroatoms. The molecule has 1 fully saturated rings. The first kappa shape index (κ1) is 26.9. The second-order valence-electron chi connectivity index (χ2n) is 11.7. The number of benzene rings is 2. The molecular formula is C30H35N3O6S. The summed E-state index contributed by atoms with van der Waals surface area (Å²) in [6, 6.07) is 12.5. The van der Waals surface area contributed by atoms with Gasteiger partial charge < -0.3 is 35.4 Å². The third kappa shape index (κ3) is 4.67. The van der Waals surface area contributed by atoms with Crippen LogP contribution in [0.1, 0.15) is 55.2 Å². The molecule has 0 radical (unpaired) electrons. The van der Waals surface area contributed by atoms with Gasteiger partial charge in [0.15, 0.2) is 16.6 Å². The molecule has 1 amide bonds. The molecule has 0 saturated heterocycles. The van der Waals surface area contributed by atoms with Crippen LogP contribution >= 0.6 is 11.3 Å². The highest BCUT2D eigenvalue weighted by Crippen LogP contribution is 2.63. The number of hydrogen-bond acceptors (Lipinski definition) is 9. The Hall–Kier alpha value is -3.34. The van der Waals surface area contributed by atoms with Crippen molar-refractivity contribution in [2.75, 3.05) is 18.7 Å². The summed E-state index contributed by atoms with van der Waals surface area (Å²) in [7, 11) is 0. The van der Waals surface area contributed by atoms with E-state index >= 15 is 0 Å². The van der Waals surface area contributed by atoms with Crippen LogP contribution in [-0.2, 0) is 17.8 Å². The summed E-state index contributed by atoms with van der Waals surface area (Å²) in [4.78, 5) is 19.5. The molecule has 212 valence electrons. The number of fused-ring (bicyclic) bond motifs is 3. The fourth-order valence-electron chi connectivity index (χ4n) is 6.92. The van der Waals surface area contributed by atoms with Gasteiger partial charge in [0.1, 0.15) is 5.75 Å². The van der Waals surface area contributed by atoms with Crippen LogP contribution in [0.5, 0.6) is 17.2 Å². The maximum atomic E-state index is 13.4. The van der Waals surface area contributed by atoms with E-state index in [-0.39, 0.29) is 48.7 Å². The zero-order valence-electron chi connectivity index (χ0n) is 22.6. The Kier molecular flexibility index (Phi) is 6.88. The molecule has 9 nitrogen and oxygen atoms in total. The van der Waals surface area contributed by atoms with Crippen molar-refractivity contribution in [3.8, 4) is 17.2 Å². The fourth-order valence-corrected chi connectivity index (χ4v) is 8.00. The van der Waals surface area contributed by atoms with Gasteiger partial charge in [0.05, 0.1) is 18.4 Å². The van der Waals surface area contributed by atoms with Crippen molar-refractivity contribution in [1.29, 1.82) is 0 Å². The average molecular weight is 566 g/mol. The second-order valence-corrected chi connectivity index (χ2v) is 12.8. The molecule has 3 aliphatic rings. The van der Waals surface area contributed by atoms with Crippen molar-refractivity contribution in [3.05, 3.63) is 58.6 Å². The molecule has 1 aromatic heterocycles. The maximum Gasteiger partial charge on any atom is 0.231 e. The van der Waals surface area contributed by atoms with Crippen LogP contribution < -0.4 is 20.1 Å². The topological polar surface area (TPSA) is 133 Å². The summed E-state index contributed by atoms with van der Waals surface area (Å²) in [6.07, 6.45) is 1.61. The number of phenols is 1. The minimum atomic E-state index is -0.686. The van der Waals surface area contributed by atoms with Crippen LogP contribution in [0.25, 0.3) is 0 Å². The van der Waals surface area contributed by atoms with Crippen molar-refractivity contribution >= 4 is 28.1 Å². The molecule has 5 unspecified atom stereocenters. The number of nitrogens with zero attached hydrogens (tertiary/aromatic N) is 1. The minimum absolute atomic E-state index is 0.0259. The number of nitrogens with one attached hydrogen (secondary N) is 2. The Morgan fingerprint density at radius 2 is 2.00 bits per heavy atom. The molecule has 2 heterocycles. The third-order valence-corrected chi connectivity index (χ3v) is 10.3. The SMILES string of the molecule is CC1(CO)C(O)CCC2(C)C(CC(=O)NCc3ccc4c(c3)OCO4)c3nc(Nc4cccc(O)c4)sc3CC12. The number of anilines is 2. The molecule has 0 bridgehead atoms. The largest absolute Gasteiger partial charge is 0.508 e. The fraction of sp³-hybridized carbons (Fsp3) is 0.467. The van der Waals surface area contributed by atoms with E-state index in [4.69, 9.17) is 14.5 Å². The van der Waals surface area contributed by atoms with Crippen LogP contribution in [0.15, 0.2) is 42.5 Å². The van der Waals surface area contributed by atoms with Gasteiger partial charge >= 0.3 is 0 Å². The lowest BCUT2D eigenvalue weighted by atomic mass is 9.47. The number of hydrogen-bond donors (Lipinski definition) is 5. The predicted molar refractivity (Wildman–Crippen MR) is 151 cm³/mol. The standard InChI is InChI=1S/C30H35N3O6S/c1-29-9-8-25(36)30(2,15-34)24(29)13-23-27(33-28(40-23)32-18-4-3-5-19(35)11-18)20(29)12-26(37)31-14-17-6-7-21-22(10-17)39-16-38-21/h3-7,10-11,20,24-25,34-36H,8-9,12-16H2,1-2H3,(H,31,37)(H,32,33). The quantitative estimate of drug-likeness (QED) is 0.284. The number of phenolic OH excluding ortho intramolecular Hbond substituents is 1. The van der Waals surface area contributed by atoms with Gasteiger partial charge in [-0.3, -0.25) is 4.79 Å². The van der Waals surface area contributed by atoms with Gasteiger partial charge in [0.2, 0.25) is 12.7 Å². The molecule has 3 aromatic rings. The number of aromatic hydroxyl groups is 1. The summed E-state index contributed by atoms with van der Waals surface area (Å²) in [5, 5.41) is 38.4. The number of carbonyl (C=O) groups is 1. The van der Waals surface area contributed by atoms with Gasteiger partial charge in [-0.05, 0) is 60.4 Å². The van der Waals surface area contributed by atoms with Crippen LogP contribution in [-0.4, -0.2) is 45.7 Å². The number of ether oxygens (including phenoxy) is 2. The third-order valence-electron chi connectivity index (χ3n) is 9.31. The van der Waals surface area contributed by atoms with E-state index in [0.29, 0.717) is 36.0 Å². The number of thiazole rings is 1. The molecule has 6 rings (SSSR count). The Balaban J connectivity index is 1.28. The first-order valence-corrected chi connectivity index (χ1v) is 14.5. The maximum absolute atomic E-state index is 13.4. The molecule has 1 aliphatic heterocycles. The number of amides is 1. The van der Waals surface area contributed by atoms with E-state index in [1.807, 2.05) is 31.2 Å². The summed E-state index contributed by atoms with van der Waals surface area (Å²) in [6.45, 7) is 4.60. The number of aliphatic hydroxyl groups is 2. The van der Waals surface area contributed by atoms with Gasteiger partial charge in [-0.15, -0.1) is 11.3 Å². The smallest absolute Gasteiger partial charge is 0.231 e. The highest BCUT2D eigenvalue weighted by atomic mass is 32.1. The van der Waals surface area contributed by atoms with Gasteiger partial charge in [-0.25, -0.2) is 4.98 Å². The molecule has 1 saturated carbocycles. The molecule has 0 spiro atoms. The highest BCUT2D eigenvalue weighted by molar-refractivity contribution is 7.15. The highest BCUT2D eigenvalue weighted by Gasteiger charge is 2.59. The number of aliphatic hydroxyl groups excluding tert-OH is 2. The van der Waals surface area contributed by atoms with Crippen LogP contribution in [0.3, 0.4) is 0 Å². The summed E-state index contributed by atoms with van der Waals surface area (Å²) in [5.74, 6) is 1.25. The Morgan fingerprint density at radius 1 is 1.18 bits per heavy atom. The van der Waals surface area contributed by atoms with E-state index in [2.05, 4.69) is 17.6 Å². The van der Waals surface area contributed by atoms with Crippen molar-refractivity contribution in [3.63, 3.8) is 0 Å². The lowest BCUT2D eigenvalue weighted by molar-refractivity contribution is -0.144. The van der Waals surface area contributed by atoms with E-state index in [0.717, 1.165) is 28.2 Å². The van der Waals surface area contributed by atoms with E-state index in [1.54, 1.807) is 18.2 Å². The van der Waals surface area contributed by atoms with Gasteiger partial charge in [-0.1, -0.05) is 26.0 Å². The number of carbonyl (C=O) groups excluding carboxylic acids is 1. The second kappa shape index (κ2) is 10.2. The van der Waals surface area contributed by atoms with Gasteiger partial charge in [0.25, 0.3) is 0 Å². The summed E-state index contributed by atoms with van der Waals surface area (Å²) < 4.78 is 10.9. The monoisotopic (exact) mass is 565 g/mol. The average Bonchev–Trinajstić information content (AvgIpc) is 3.57. The van der Waals surface area contributed by atoms with Gasteiger partial charge in [0, 0.05) is 40.9 Å². The van der Waals surface area contributed by atoms with Crippen LogP contribution in [0.2, 0.25) is 0 Å². The van der Waals surface area contributed by atoms with Crippen molar-refractivity contribution in [2.45, 2.75) is 58.1 Å². The zero-order chi connectivity index (χ0) is 28.1. The lowest BCUT2D eigenvalue weighted by Crippen LogP contribution is -2.57. The molecule has 2 aliphatic carbocycles. The number of rotatable bonds is 7. The Labute approximate surface area is 237 Å². The molecular weight excluding hydrogens is 530 g/mol. The lowest BCUT2D eigenvalue weighted by Gasteiger charge is -2.58. The molecule has 5 N–H and O–H groups in total. The van der Waals surface area contributed by atoms with E-state index in [1.165, 1.54) is 11.3 Å². The van der Waals surface area contributed by atoms with Crippen molar-refractivity contribution < 1.29 is 29.6 Å². The molecule has 5 atom stereocenters. The van der Waals surface area contributed by atoms with Crippen molar-refractivity contribution in [1.82, 2.24) is 10.3 Å². The van der Waals surface area contributed by atoms with Gasteiger partial charge in [-0.2, -0.15) is 0 Å². The normalized spacial score (nSPS) is 28.4. The minimum Gasteiger partial charge on any atom is -0.508 e. The van der Waals surface area contributed by atoms with Crippen molar-refractivity contribution in [2.24, 2.45) is 16.7 Å². The predicted octanol–water partition coefficient (Wildman–Crippen LogP) is 4.44. The number of aromatic nitrogens is 1. The first-order valence-electron chi connectivity index (χ1n) is 13.7.